The monoisotopic (exact) mass is 237 g/mol. The zero-order chi connectivity index (χ0) is 11.5. The number of hydrogen-bond donors (Lipinski definition) is 2. The lowest BCUT2D eigenvalue weighted by Crippen LogP contribution is -2.26. The molecule has 1 aromatic heterocycles. The predicted octanol–water partition coefficient (Wildman–Crippen LogP) is 1.70. The summed E-state index contributed by atoms with van der Waals surface area (Å²) in [7, 11) is 0. The summed E-state index contributed by atoms with van der Waals surface area (Å²) in [6.45, 7) is 3.66. The number of aliphatic hydroxyl groups excluding tert-OH is 1. The molecule has 2 aromatic rings. The molecule has 0 unspecified atom stereocenters. The number of nitrogens with two attached hydrogens (primary N) is 1. The summed E-state index contributed by atoms with van der Waals surface area (Å²) in [5.41, 5.74) is 10.4. The molecule has 16 heavy (non-hydrogen) atoms. The molecule has 0 aliphatic heterocycles. The first-order chi connectivity index (χ1) is 7.77. The topological polar surface area (TPSA) is 62.4 Å². The highest BCUT2D eigenvalue weighted by Crippen LogP contribution is 2.32. The molecular formula is C11H15N3OS. The van der Waals surface area contributed by atoms with Crippen LogP contribution < -0.4 is 10.6 Å². The zero-order valence-electron chi connectivity index (χ0n) is 9.18. The van der Waals surface area contributed by atoms with Gasteiger partial charge >= 0.3 is 0 Å². The molecule has 1 heterocycles. The molecule has 3 N–H and O–H groups in total. The Labute approximate surface area is 98.3 Å². The largest absolute Gasteiger partial charge is 0.398 e. The molecule has 86 valence electrons. The van der Waals surface area contributed by atoms with Crippen molar-refractivity contribution in [3.05, 3.63) is 17.6 Å². The summed E-state index contributed by atoms with van der Waals surface area (Å²) in [4.78, 5) is 6.44. The van der Waals surface area contributed by atoms with Crippen LogP contribution >= 0.6 is 11.3 Å². The van der Waals surface area contributed by atoms with Crippen molar-refractivity contribution in [2.45, 2.75) is 6.92 Å². The molecule has 2 rings (SSSR count). The van der Waals surface area contributed by atoms with Gasteiger partial charge in [-0.05, 0) is 19.1 Å². The number of nitrogens with zero attached hydrogens (tertiary/aromatic N) is 2. The van der Waals surface area contributed by atoms with Crippen LogP contribution in [-0.4, -0.2) is 29.8 Å². The van der Waals surface area contributed by atoms with E-state index in [0.29, 0.717) is 6.54 Å². The molecule has 0 radical (unpaired) electrons. The molecule has 0 saturated carbocycles. The SMILES string of the molecule is CCN(CCO)c1ccc(N)c2scnc12. The number of benzene rings is 1. The lowest BCUT2D eigenvalue weighted by Gasteiger charge is -2.22. The summed E-state index contributed by atoms with van der Waals surface area (Å²) in [5.74, 6) is 0. The van der Waals surface area contributed by atoms with Crippen LogP contribution in [0.25, 0.3) is 10.2 Å². The second-order valence-electron chi connectivity index (χ2n) is 3.51. The van der Waals surface area contributed by atoms with Crippen LogP contribution in [-0.2, 0) is 0 Å². The minimum absolute atomic E-state index is 0.143. The van der Waals surface area contributed by atoms with Crippen LogP contribution in [0, 0.1) is 0 Å². The molecule has 0 fully saturated rings. The van der Waals surface area contributed by atoms with E-state index in [-0.39, 0.29) is 6.61 Å². The van der Waals surface area contributed by atoms with Gasteiger partial charge in [0.1, 0.15) is 5.52 Å². The lowest BCUT2D eigenvalue weighted by atomic mass is 10.2. The highest BCUT2D eigenvalue weighted by molar-refractivity contribution is 7.17. The first-order valence-corrected chi connectivity index (χ1v) is 6.13. The van der Waals surface area contributed by atoms with E-state index < -0.39 is 0 Å². The smallest absolute Gasteiger partial charge is 0.107 e. The fraction of sp³-hybridized carbons (Fsp3) is 0.364. The normalized spacial score (nSPS) is 10.9. The second kappa shape index (κ2) is 4.67. The summed E-state index contributed by atoms with van der Waals surface area (Å²) < 4.78 is 1.02. The third kappa shape index (κ3) is 1.83. The van der Waals surface area contributed by atoms with E-state index in [1.165, 1.54) is 0 Å². The molecule has 1 aromatic carbocycles. The van der Waals surface area contributed by atoms with Crippen LogP contribution in [0.4, 0.5) is 11.4 Å². The van der Waals surface area contributed by atoms with Gasteiger partial charge in [0.05, 0.1) is 28.2 Å². The molecule has 0 aliphatic carbocycles. The van der Waals surface area contributed by atoms with Crippen molar-refractivity contribution in [3.63, 3.8) is 0 Å². The quantitative estimate of drug-likeness (QED) is 0.794. The van der Waals surface area contributed by atoms with Gasteiger partial charge in [0.15, 0.2) is 0 Å². The van der Waals surface area contributed by atoms with Gasteiger partial charge in [-0.2, -0.15) is 0 Å². The van der Waals surface area contributed by atoms with Crippen molar-refractivity contribution in [2.75, 3.05) is 30.3 Å². The van der Waals surface area contributed by atoms with Gasteiger partial charge in [-0.15, -0.1) is 11.3 Å². The number of hydrogen-bond acceptors (Lipinski definition) is 5. The van der Waals surface area contributed by atoms with E-state index in [1.807, 2.05) is 12.1 Å². The first kappa shape index (κ1) is 11.2. The van der Waals surface area contributed by atoms with Crippen LogP contribution in [0.15, 0.2) is 17.6 Å². The predicted molar refractivity (Wildman–Crippen MR) is 69.0 cm³/mol. The van der Waals surface area contributed by atoms with Crippen molar-refractivity contribution in [3.8, 4) is 0 Å². The Morgan fingerprint density at radius 1 is 1.50 bits per heavy atom. The minimum atomic E-state index is 0.143. The van der Waals surface area contributed by atoms with Gasteiger partial charge in [-0.1, -0.05) is 0 Å². The molecule has 0 aliphatic rings. The Kier molecular flexibility index (Phi) is 3.26. The van der Waals surface area contributed by atoms with E-state index in [1.54, 1.807) is 16.8 Å². The van der Waals surface area contributed by atoms with Crippen molar-refractivity contribution in [2.24, 2.45) is 0 Å². The Bertz CT molecular complexity index is 483. The van der Waals surface area contributed by atoms with Crippen LogP contribution in [0.3, 0.4) is 0 Å². The average Bonchev–Trinajstić information content (AvgIpc) is 2.77. The van der Waals surface area contributed by atoms with E-state index in [9.17, 15) is 0 Å². The number of likely N-dealkylation sites (N-methyl/N-ethyl adjacent to an activating group) is 1. The highest BCUT2D eigenvalue weighted by atomic mass is 32.1. The Balaban J connectivity index is 2.51. The summed E-state index contributed by atoms with van der Waals surface area (Å²) >= 11 is 1.55. The molecule has 5 heteroatoms. The third-order valence-corrected chi connectivity index (χ3v) is 3.46. The lowest BCUT2D eigenvalue weighted by molar-refractivity contribution is 0.302. The van der Waals surface area contributed by atoms with Gasteiger partial charge in [-0.25, -0.2) is 4.98 Å². The maximum Gasteiger partial charge on any atom is 0.107 e. The molecule has 0 bridgehead atoms. The summed E-state index contributed by atoms with van der Waals surface area (Å²) in [5, 5.41) is 9.02. The Hall–Kier alpha value is -1.33. The van der Waals surface area contributed by atoms with Crippen molar-refractivity contribution in [1.82, 2.24) is 4.98 Å². The fourth-order valence-corrected chi connectivity index (χ4v) is 2.52. The number of anilines is 2. The minimum Gasteiger partial charge on any atom is -0.398 e. The molecule has 4 nitrogen and oxygen atoms in total. The Morgan fingerprint density at radius 2 is 2.31 bits per heavy atom. The highest BCUT2D eigenvalue weighted by Gasteiger charge is 2.11. The average molecular weight is 237 g/mol. The number of aromatic nitrogens is 1. The van der Waals surface area contributed by atoms with Gasteiger partial charge in [0.2, 0.25) is 0 Å². The van der Waals surface area contributed by atoms with Crippen LogP contribution in [0.2, 0.25) is 0 Å². The molecule has 0 spiro atoms. The molecule has 0 saturated heterocycles. The van der Waals surface area contributed by atoms with Gasteiger partial charge < -0.3 is 15.7 Å². The molecule has 0 amide bonds. The van der Waals surface area contributed by atoms with E-state index in [0.717, 1.165) is 28.1 Å². The van der Waals surface area contributed by atoms with Crippen LogP contribution in [0.1, 0.15) is 6.92 Å². The Morgan fingerprint density at radius 3 is 3.00 bits per heavy atom. The number of fused-ring (bicyclic) bond motifs is 1. The molecule has 0 atom stereocenters. The molecular weight excluding hydrogens is 222 g/mol. The van der Waals surface area contributed by atoms with Crippen molar-refractivity contribution >= 4 is 32.9 Å². The number of rotatable bonds is 4. The van der Waals surface area contributed by atoms with Gasteiger partial charge in [0, 0.05) is 13.1 Å². The van der Waals surface area contributed by atoms with Crippen molar-refractivity contribution in [1.29, 1.82) is 0 Å². The summed E-state index contributed by atoms with van der Waals surface area (Å²) in [6, 6.07) is 3.87. The fourth-order valence-electron chi connectivity index (χ4n) is 1.78. The van der Waals surface area contributed by atoms with Crippen LogP contribution in [0.5, 0.6) is 0 Å². The van der Waals surface area contributed by atoms with Gasteiger partial charge in [-0.3, -0.25) is 0 Å². The second-order valence-corrected chi connectivity index (χ2v) is 4.36. The number of aliphatic hydroxyl groups is 1. The number of nitrogen functional groups attached to an aromatic ring is 1. The number of thiazole rings is 1. The first-order valence-electron chi connectivity index (χ1n) is 5.25. The summed E-state index contributed by atoms with van der Waals surface area (Å²) in [6.07, 6.45) is 0. The van der Waals surface area contributed by atoms with Gasteiger partial charge in [0.25, 0.3) is 0 Å². The standard InChI is InChI=1S/C11H15N3OS/c1-2-14(5-6-15)9-4-3-8(12)11-10(9)13-7-16-11/h3-4,7,15H,2,5-6,12H2,1H3. The van der Waals surface area contributed by atoms with Crippen molar-refractivity contribution < 1.29 is 5.11 Å². The third-order valence-electron chi connectivity index (χ3n) is 2.59. The van der Waals surface area contributed by atoms with E-state index >= 15 is 0 Å². The van der Waals surface area contributed by atoms with E-state index in [2.05, 4.69) is 16.8 Å². The van der Waals surface area contributed by atoms with E-state index in [4.69, 9.17) is 10.8 Å². The maximum absolute atomic E-state index is 9.02. The zero-order valence-corrected chi connectivity index (χ0v) is 10.00. The maximum atomic E-state index is 9.02.